The number of nitrogen functional groups attached to an aromatic ring is 1. The van der Waals surface area contributed by atoms with Gasteiger partial charge in [0, 0.05) is 12.2 Å². The summed E-state index contributed by atoms with van der Waals surface area (Å²) in [6, 6.07) is 0. The van der Waals surface area contributed by atoms with E-state index in [9.17, 15) is 0 Å². The number of anilines is 1. The Morgan fingerprint density at radius 2 is 2.00 bits per heavy atom. The van der Waals surface area contributed by atoms with E-state index in [1.165, 1.54) is 11.8 Å². The van der Waals surface area contributed by atoms with Gasteiger partial charge < -0.3 is 5.73 Å². The third-order valence-electron chi connectivity index (χ3n) is 1.39. The minimum atomic E-state index is 0.315. The van der Waals surface area contributed by atoms with Gasteiger partial charge in [-0.1, -0.05) is 11.8 Å². The van der Waals surface area contributed by atoms with E-state index < -0.39 is 0 Å². The number of thioether (sulfide) groups is 2. The van der Waals surface area contributed by atoms with E-state index in [-0.39, 0.29) is 0 Å². The third kappa shape index (κ3) is 3.40. The zero-order chi connectivity index (χ0) is 9.68. The lowest BCUT2D eigenvalue weighted by Crippen LogP contribution is -2.05. The van der Waals surface area contributed by atoms with Gasteiger partial charge >= 0.3 is 0 Å². The SMILES string of the molecule is CSCCc1nc(N)nc(SC)n1. The second kappa shape index (κ2) is 5.29. The van der Waals surface area contributed by atoms with Crippen molar-refractivity contribution in [3.8, 4) is 0 Å². The second-order valence-electron chi connectivity index (χ2n) is 2.34. The van der Waals surface area contributed by atoms with Crippen molar-refractivity contribution < 1.29 is 0 Å². The summed E-state index contributed by atoms with van der Waals surface area (Å²) in [5.41, 5.74) is 5.52. The molecule has 0 aliphatic heterocycles. The predicted octanol–water partition coefficient (Wildman–Crippen LogP) is 1.08. The maximum atomic E-state index is 5.52. The molecular formula is C7H12N4S2. The Morgan fingerprint density at radius 3 is 2.62 bits per heavy atom. The Morgan fingerprint density at radius 1 is 1.23 bits per heavy atom. The van der Waals surface area contributed by atoms with Crippen molar-refractivity contribution in [3.63, 3.8) is 0 Å². The average molecular weight is 216 g/mol. The van der Waals surface area contributed by atoms with Gasteiger partial charge in [0.05, 0.1) is 0 Å². The van der Waals surface area contributed by atoms with Crippen LogP contribution in [0.4, 0.5) is 5.95 Å². The molecule has 0 aliphatic carbocycles. The number of aromatic nitrogens is 3. The Balaban J connectivity index is 2.76. The van der Waals surface area contributed by atoms with Crippen molar-refractivity contribution in [2.75, 3.05) is 24.0 Å². The van der Waals surface area contributed by atoms with Gasteiger partial charge in [-0.15, -0.1) is 0 Å². The number of hydrogen-bond donors (Lipinski definition) is 1. The number of rotatable bonds is 4. The van der Waals surface area contributed by atoms with Crippen molar-refractivity contribution in [1.29, 1.82) is 0 Å². The lowest BCUT2D eigenvalue weighted by molar-refractivity contribution is 0.830. The average Bonchev–Trinajstić information content (AvgIpc) is 2.14. The summed E-state index contributed by atoms with van der Waals surface area (Å²) in [6.45, 7) is 0. The van der Waals surface area contributed by atoms with Crippen LogP contribution in [-0.2, 0) is 6.42 Å². The molecule has 0 aromatic carbocycles. The summed E-state index contributed by atoms with van der Waals surface area (Å²) in [4.78, 5) is 12.3. The number of aryl methyl sites for hydroxylation is 1. The van der Waals surface area contributed by atoms with Gasteiger partial charge in [0.15, 0.2) is 5.16 Å². The first-order valence-corrected chi connectivity index (χ1v) is 6.41. The highest BCUT2D eigenvalue weighted by molar-refractivity contribution is 7.98. The molecule has 0 saturated carbocycles. The van der Waals surface area contributed by atoms with Gasteiger partial charge in [-0.2, -0.15) is 21.7 Å². The van der Waals surface area contributed by atoms with Gasteiger partial charge in [0.25, 0.3) is 0 Å². The molecule has 0 amide bonds. The highest BCUT2D eigenvalue weighted by atomic mass is 32.2. The van der Waals surface area contributed by atoms with E-state index >= 15 is 0 Å². The molecule has 0 bridgehead atoms. The van der Waals surface area contributed by atoms with Crippen molar-refractivity contribution in [1.82, 2.24) is 15.0 Å². The van der Waals surface area contributed by atoms with Crippen LogP contribution in [0.15, 0.2) is 5.16 Å². The van der Waals surface area contributed by atoms with E-state index in [4.69, 9.17) is 5.73 Å². The minimum Gasteiger partial charge on any atom is -0.368 e. The van der Waals surface area contributed by atoms with Gasteiger partial charge in [-0.25, -0.2) is 4.98 Å². The molecule has 1 aromatic heterocycles. The zero-order valence-electron chi connectivity index (χ0n) is 7.65. The fourth-order valence-corrected chi connectivity index (χ4v) is 1.58. The second-order valence-corrected chi connectivity index (χ2v) is 4.10. The number of nitrogens with zero attached hydrogens (tertiary/aromatic N) is 3. The Hall–Kier alpha value is -0.490. The van der Waals surface area contributed by atoms with E-state index in [1.54, 1.807) is 11.8 Å². The fourth-order valence-electron chi connectivity index (χ4n) is 0.812. The van der Waals surface area contributed by atoms with Crippen LogP contribution in [0.3, 0.4) is 0 Å². The van der Waals surface area contributed by atoms with Crippen molar-refractivity contribution in [3.05, 3.63) is 5.82 Å². The summed E-state index contributed by atoms with van der Waals surface area (Å²) >= 11 is 3.25. The van der Waals surface area contributed by atoms with Crippen molar-refractivity contribution >= 4 is 29.5 Å². The lowest BCUT2D eigenvalue weighted by Gasteiger charge is -2.01. The first-order valence-electron chi connectivity index (χ1n) is 3.79. The van der Waals surface area contributed by atoms with Crippen LogP contribution in [0, 0.1) is 0 Å². The molecule has 1 heterocycles. The topological polar surface area (TPSA) is 64.7 Å². The van der Waals surface area contributed by atoms with Crippen LogP contribution in [0.2, 0.25) is 0 Å². The molecule has 0 fully saturated rings. The van der Waals surface area contributed by atoms with Crippen LogP contribution < -0.4 is 5.73 Å². The Kier molecular flexibility index (Phi) is 4.31. The molecule has 0 radical (unpaired) electrons. The van der Waals surface area contributed by atoms with Crippen LogP contribution in [0.1, 0.15) is 5.82 Å². The van der Waals surface area contributed by atoms with Crippen molar-refractivity contribution in [2.45, 2.75) is 11.6 Å². The molecule has 0 saturated heterocycles. The van der Waals surface area contributed by atoms with E-state index in [2.05, 4.69) is 21.2 Å². The zero-order valence-corrected chi connectivity index (χ0v) is 9.28. The van der Waals surface area contributed by atoms with Crippen LogP contribution in [0.25, 0.3) is 0 Å². The van der Waals surface area contributed by atoms with E-state index in [1.807, 2.05) is 6.26 Å². The molecule has 1 rings (SSSR count). The number of hydrogen-bond acceptors (Lipinski definition) is 6. The van der Waals surface area contributed by atoms with Crippen molar-refractivity contribution in [2.24, 2.45) is 0 Å². The van der Waals surface area contributed by atoms with E-state index in [0.717, 1.165) is 18.0 Å². The number of nitrogens with two attached hydrogens (primary N) is 1. The Bertz CT molecular complexity index is 279. The summed E-state index contributed by atoms with van der Waals surface area (Å²) in [7, 11) is 0. The standard InChI is InChI=1S/C7H12N4S2/c1-12-4-3-5-9-6(8)11-7(10-5)13-2/h3-4H2,1-2H3,(H2,8,9,10,11). The first kappa shape index (κ1) is 10.6. The monoisotopic (exact) mass is 216 g/mol. The van der Waals surface area contributed by atoms with E-state index in [0.29, 0.717) is 11.1 Å². The molecule has 4 nitrogen and oxygen atoms in total. The molecular weight excluding hydrogens is 204 g/mol. The van der Waals surface area contributed by atoms with Crippen LogP contribution >= 0.6 is 23.5 Å². The highest BCUT2D eigenvalue weighted by Crippen LogP contribution is 2.10. The maximum absolute atomic E-state index is 5.52. The van der Waals surface area contributed by atoms with Gasteiger partial charge in [0.2, 0.25) is 5.95 Å². The molecule has 6 heteroatoms. The molecule has 1 aromatic rings. The fraction of sp³-hybridized carbons (Fsp3) is 0.571. The normalized spacial score (nSPS) is 10.3. The molecule has 0 aliphatic rings. The molecule has 0 spiro atoms. The maximum Gasteiger partial charge on any atom is 0.224 e. The third-order valence-corrected chi connectivity index (χ3v) is 2.55. The summed E-state index contributed by atoms with van der Waals surface area (Å²) in [5.74, 6) is 2.11. The first-order chi connectivity index (χ1) is 6.26. The highest BCUT2D eigenvalue weighted by Gasteiger charge is 2.02. The summed E-state index contributed by atoms with van der Waals surface area (Å²) in [6.07, 6.45) is 4.83. The minimum absolute atomic E-state index is 0.315. The van der Waals surface area contributed by atoms with Gasteiger partial charge in [0.1, 0.15) is 5.82 Å². The Labute approximate surface area is 86.1 Å². The molecule has 0 unspecified atom stereocenters. The smallest absolute Gasteiger partial charge is 0.224 e. The molecule has 72 valence electrons. The molecule has 0 atom stereocenters. The quantitative estimate of drug-likeness (QED) is 0.760. The summed E-state index contributed by atoms with van der Waals surface area (Å²) < 4.78 is 0. The van der Waals surface area contributed by atoms with Crippen LogP contribution in [-0.4, -0.2) is 33.2 Å². The van der Waals surface area contributed by atoms with Gasteiger partial charge in [-0.3, -0.25) is 0 Å². The molecule has 2 N–H and O–H groups in total. The summed E-state index contributed by atoms with van der Waals surface area (Å²) in [5, 5.41) is 0.698. The van der Waals surface area contributed by atoms with Gasteiger partial charge in [-0.05, 0) is 12.5 Å². The predicted molar refractivity (Wildman–Crippen MR) is 58.1 cm³/mol. The van der Waals surface area contributed by atoms with Crippen LogP contribution in [0.5, 0.6) is 0 Å². The largest absolute Gasteiger partial charge is 0.368 e. The molecule has 13 heavy (non-hydrogen) atoms. The lowest BCUT2D eigenvalue weighted by atomic mass is 10.4.